The van der Waals surface area contributed by atoms with Gasteiger partial charge in [-0.2, -0.15) is 0 Å². The summed E-state index contributed by atoms with van der Waals surface area (Å²) in [4.78, 5) is 10.6. The lowest BCUT2D eigenvalue weighted by Gasteiger charge is -1.90. The molecule has 0 aromatic heterocycles. The summed E-state index contributed by atoms with van der Waals surface area (Å²) in [7, 11) is 0. The monoisotopic (exact) mass is 125 g/mol. The second kappa shape index (κ2) is 3.89. The van der Waals surface area contributed by atoms with E-state index in [-0.39, 0.29) is 5.91 Å². The Morgan fingerprint density at radius 2 is 2.11 bits per heavy atom. The van der Waals surface area contributed by atoms with Crippen LogP contribution < -0.4 is 5.32 Å². The predicted octanol–water partition coefficient (Wildman–Crippen LogP) is 1.21. The first-order valence-electron chi connectivity index (χ1n) is 2.73. The summed E-state index contributed by atoms with van der Waals surface area (Å²) in [6, 6.07) is 0. The minimum Gasteiger partial charge on any atom is -0.330 e. The Morgan fingerprint density at radius 1 is 1.56 bits per heavy atom. The lowest BCUT2D eigenvalue weighted by Crippen LogP contribution is -2.12. The lowest BCUT2D eigenvalue weighted by atomic mass is 10.3. The fourth-order valence-corrected chi connectivity index (χ4v) is 0.404. The Bertz CT molecular complexity index is 143. The number of amides is 1. The summed E-state index contributed by atoms with van der Waals surface area (Å²) < 4.78 is 0. The van der Waals surface area contributed by atoms with Gasteiger partial charge in [0.25, 0.3) is 0 Å². The second-order valence-corrected chi connectivity index (χ2v) is 1.93. The molecule has 0 spiro atoms. The van der Waals surface area contributed by atoms with Crippen molar-refractivity contribution in [2.24, 2.45) is 0 Å². The van der Waals surface area contributed by atoms with E-state index < -0.39 is 0 Å². The van der Waals surface area contributed by atoms with Crippen LogP contribution in [-0.2, 0) is 4.79 Å². The maximum atomic E-state index is 10.6. The summed E-state index contributed by atoms with van der Waals surface area (Å²) in [5.74, 6) is -0.120. The number of carbonyl (C=O) groups is 1. The summed E-state index contributed by atoms with van der Waals surface area (Å²) in [5, 5.41) is 2.43. The van der Waals surface area contributed by atoms with Crippen LogP contribution in [0.15, 0.2) is 24.4 Å². The van der Waals surface area contributed by atoms with Gasteiger partial charge in [-0.05, 0) is 20.0 Å². The minimum atomic E-state index is -0.120. The molecule has 0 saturated carbocycles. The third-order valence-electron chi connectivity index (χ3n) is 0.664. The van der Waals surface area contributed by atoms with Gasteiger partial charge < -0.3 is 5.32 Å². The van der Waals surface area contributed by atoms with Crippen molar-refractivity contribution < 1.29 is 4.79 Å². The molecule has 0 fully saturated rings. The number of hydrogen-bond donors (Lipinski definition) is 1. The van der Waals surface area contributed by atoms with Crippen LogP contribution in [0.1, 0.15) is 13.8 Å². The molecule has 0 aliphatic carbocycles. The molecular weight excluding hydrogens is 114 g/mol. The molecule has 2 nitrogen and oxygen atoms in total. The second-order valence-electron chi connectivity index (χ2n) is 1.93. The third kappa shape index (κ3) is 4.81. The number of nitrogens with one attached hydrogen (secondary N) is 1. The maximum Gasteiger partial charge on any atom is 0.247 e. The molecule has 0 aliphatic heterocycles. The first-order valence-corrected chi connectivity index (χ1v) is 2.73. The highest BCUT2D eigenvalue weighted by atomic mass is 16.1. The smallest absolute Gasteiger partial charge is 0.247 e. The van der Waals surface area contributed by atoms with Crippen molar-refractivity contribution in [3.8, 4) is 0 Å². The lowest BCUT2D eigenvalue weighted by molar-refractivity contribution is -0.115. The number of allylic oxidation sites excluding steroid dienone is 1. The minimum absolute atomic E-state index is 0.120. The zero-order valence-electron chi connectivity index (χ0n) is 5.77. The van der Waals surface area contributed by atoms with Crippen molar-refractivity contribution in [3.63, 3.8) is 0 Å². The first kappa shape index (κ1) is 7.95. The van der Waals surface area contributed by atoms with Gasteiger partial charge in [0, 0.05) is 6.08 Å². The first-order chi connectivity index (χ1) is 4.16. The molecule has 0 aromatic rings. The highest BCUT2D eigenvalue weighted by Gasteiger charge is 1.88. The molecule has 0 heterocycles. The van der Waals surface area contributed by atoms with Crippen LogP contribution in [0.4, 0.5) is 0 Å². The summed E-state index contributed by atoms with van der Waals surface area (Å²) in [6.07, 6.45) is 2.88. The SMILES string of the molecule is C=CNC(=O)C=C(C)C. The van der Waals surface area contributed by atoms with Gasteiger partial charge >= 0.3 is 0 Å². The quantitative estimate of drug-likeness (QED) is 0.552. The standard InChI is InChI=1S/C7H11NO/c1-4-8-7(9)5-6(2)3/h4-5H,1H2,2-3H3,(H,8,9). The molecule has 0 atom stereocenters. The molecule has 0 unspecified atom stereocenters. The third-order valence-corrected chi connectivity index (χ3v) is 0.664. The van der Waals surface area contributed by atoms with E-state index in [0.29, 0.717) is 0 Å². The number of carbonyl (C=O) groups excluding carboxylic acids is 1. The molecule has 2 heteroatoms. The Morgan fingerprint density at radius 3 is 2.44 bits per heavy atom. The van der Waals surface area contributed by atoms with E-state index in [2.05, 4.69) is 11.9 Å². The largest absolute Gasteiger partial charge is 0.330 e. The normalized spacial score (nSPS) is 7.78. The van der Waals surface area contributed by atoms with E-state index in [9.17, 15) is 4.79 Å². The van der Waals surface area contributed by atoms with Crippen molar-refractivity contribution >= 4 is 5.91 Å². The van der Waals surface area contributed by atoms with Crippen LogP contribution in [0.3, 0.4) is 0 Å². The van der Waals surface area contributed by atoms with Crippen LogP contribution in [0, 0.1) is 0 Å². The van der Waals surface area contributed by atoms with Gasteiger partial charge in [0.2, 0.25) is 5.91 Å². The molecule has 0 aliphatic rings. The summed E-state index contributed by atoms with van der Waals surface area (Å²) >= 11 is 0. The molecule has 50 valence electrons. The average Bonchev–Trinajstić information content (AvgIpc) is 1.63. The number of rotatable bonds is 2. The van der Waals surface area contributed by atoms with Gasteiger partial charge in [-0.25, -0.2) is 0 Å². The highest BCUT2D eigenvalue weighted by molar-refractivity contribution is 5.88. The Hall–Kier alpha value is -1.05. The van der Waals surface area contributed by atoms with Crippen LogP contribution in [-0.4, -0.2) is 5.91 Å². The molecular formula is C7H11NO. The van der Waals surface area contributed by atoms with Crippen LogP contribution in [0.5, 0.6) is 0 Å². The molecule has 0 rings (SSSR count). The fraction of sp³-hybridized carbons (Fsp3) is 0.286. The van der Waals surface area contributed by atoms with Crippen LogP contribution in [0.2, 0.25) is 0 Å². The van der Waals surface area contributed by atoms with E-state index in [0.717, 1.165) is 5.57 Å². The zero-order valence-corrected chi connectivity index (χ0v) is 5.77. The fourth-order valence-electron chi connectivity index (χ4n) is 0.404. The van der Waals surface area contributed by atoms with E-state index in [1.54, 1.807) is 0 Å². The number of hydrogen-bond acceptors (Lipinski definition) is 1. The Balaban J connectivity index is 3.76. The van der Waals surface area contributed by atoms with Gasteiger partial charge in [0.05, 0.1) is 0 Å². The topological polar surface area (TPSA) is 29.1 Å². The Kier molecular flexibility index (Phi) is 3.44. The predicted molar refractivity (Wildman–Crippen MR) is 37.8 cm³/mol. The van der Waals surface area contributed by atoms with Gasteiger partial charge in [-0.15, -0.1) is 0 Å². The van der Waals surface area contributed by atoms with Crippen LogP contribution in [0.25, 0.3) is 0 Å². The Labute approximate surface area is 55.3 Å². The molecule has 0 saturated heterocycles. The van der Waals surface area contributed by atoms with Gasteiger partial charge in [0.1, 0.15) is 0 Å². The van der Waals surface area contributed by atoms with Crippen molar-refractivity contribution in [1.29, 1.82) is 0 Å². The van der Waals surface area contributed by atoms with E-state index in [1.165, 1.54) is 12.3 Å². The molecule has 1 N–H and O–H groups in total. The van der Waals surface area contributed by atoms with Crippen molar-refractivity contribution in [2.75, 3.05) is 0 Å². The molecule has 1 amide bonds. The van der Waals surface area contributed by atoms with Crippen molar-refractivity contribution in [2.45, 2.75) is 13.8 Å². The van der Waals surface area contributed by atoms with E-state index >= 15 is 0 Å². The highest BCUT2D eigenvalue weighted by Crippen LogP contribution is 1.86. The molecule has 0 bridgehead atoms. The van der Waals surface area contributed by atoms with Crippen LogP contribution >= 0.6 is 0 Å². The van der Waals surface area contributed by atoms with Gasteiger partial charge in [0.15, 0.2) is 0 Å². The zero-order chi connectivity index (χ0) is 7.28. The molecule has 0 radical (unpaired) electrons. The van der Waals surface area contributed by atoms with Crippen molar-refractivity contribution in [1.82, 2.24) is 5.32 Å². The summed E-state index contributed by atoms with van der Waals surface area (Å²) in [6.45, 7) is 7.07. The van der Waals surface area contributed by atoms with E-state index in [4.69, 9.17) is 0 Å². The maximum absolute atomic E-state index is 10.6. The van der Waals surface area contributed by atoms with Gasteiger partial charge in [-0.1, -0.05) is 12.2 Å². The molecule has 9 heavy (non-hydrogen) atoms. The summed E-state index contributed by atoms with van der Waals surface area (Å²) in [5.41, 5.74) is 0.981. The van der Waals surface area contributed by atoms with Gasteiger partial charge in [-0.3, -0.25) is 4.79 Å². The van der Waals surface area contributed by atoms with Crippen molar-refractivity contribution in [3.05, 3.63) is 24.4 Å². The molecule has 0 aromatic carbocycles. The van der Waals surface area contributed by atoms with E-state index in [1.807, 2.05) is 13.8 Å². The average molecular weight is 125 g/mol.